The predicted molar refractivity (Wildman–Crippen MR) is 80.4 cm³/mol. The lowest BCUT2D eigenvalue weighted by Gasteiger charge is -2.20. The van der Waals surface area contributed by atoms with Crippen molar-refractivity contribution in [2.24, 2.45) is 11.1 Å². The number of rotatable bonds is 6. The van der Waals surface area contributed by atoms with Gasteiger partial charge in [0.15, 0.2) is 5.69 Å². The molecule has 1 amide bonds. The molecule has 0 bridgehead atoms. The number of sulfonamides is 1. The fraction of sp³-hybridized carbons (Fsp3) is 0.692. The zero-order chi connectivity index (χ0) is 16.4. The maximum atomic E-state index is 12.3. The second-order valence-electron chi connectivity index (χ2n) is 5.75. The molecule has 120 valence electrons. The van der Waals surface area contributed by atoms with Crippen LogP contribution in [0.3, 0.4) is 0 Å². The van der Waals surface area contributed by atoms with E-state index in [1.165, 1.54) is 0 Å². The second-order valence-corrected chi connectivity index (χ2v) is 7.25. The summed E-state index contributed by atoms with van der Waals surface area (Å²) in [5.41, 5.74) is 0.181. The van der Waals surface area contributed by atoms with Crippen LogP contribution in [0.2, 0.25) is 0 Å². The molecule has 8 heteroatoms. The summed E-state index contributed by atoms with van der Waals surface area (Å²) in [6, 6.07) is -0.0509. The Morgan fingerprint density at radius 3 is 2.29 bits per heavy atom. The van der Waals surface area contributed by atoms with E-state index in [2.05, 4.69) is 15.5 Å². The van der Waals surface area contributed by atoms with Gasteiger partial charge in [-0.05, 0) is 18.3 Å². The number of aromatic nitrogens is 2. The van der Waals surface area contributed by atoms with Crippen LogP contribution in [-0.4, -0.2) is 30.6 Å². The topological polar surface area (TPSA) is 118 Å². The van der Waals surface area contributed by atoms with Gasteiger partial charge in [-0.25, -0.2) is 13.6 Å². The van der Waals surface area contributed by atoms with Crippen molar-refractivity contribution in [2.75, 3.05) is 0 Å². The molecule has 1 atom stereocenters. The van der Waals surface area contributed by atoms with Crippen molar-refractivity contribution in [3.63, 3.8) is 0 Å². The van der Waals surface area contributed by atoms with E-state index >= 15 is 0 Å². The number of carbonyl (C=O) groups excluding carboxylic acids is 1. The molecule has 1 rings (SSSR count). The van der Waals surface area contributed by atoms with Gasteiger partial charge in [0.25, 0.3) is 5.91 Å². The predicted octanol–water partition coefficient (Wildman–Crippen LogP) is 1.34. The molecule has 4 N–H and O–H groups in total. The van der Waals surface area contributed by atoms with Crippen LogP contribution in [0.25, 0.3) is 0 Å². The molecule has 0 spiro atoms. The van der Waals surface area contributed by atoms with E-state index in [1.807, 2.05) is 20.8 Å². The molecule has 1 heterocycles. The molecular formula is C13H24N4O3S. The Morgan fingerprint density at radius 1 is 1.33 bits per heavy atom. The van der Waals surface area contributed by atoms with Crippen LogP contribution >= 0.6 is 0 Å². The zero-order valence-corrected chi connectivity index (χ0v) is 13.9. The quantitative estimate of drug-likeness (QED) is 0.734. The van der Waals surface area contributed by atoms with Gasteiger partial charge in [0.1, 0.15) is 4.90 Å². The first kappa shape index (κ1) is 17.6. The summed E-state index contributed by atoms with van der Waals surface area (Å²) in [5.74, 6) is -0.428. The molecule has 0 aliphatic heterocycles. The monoisotopic (exact) mass is 316 g/mol. The van der Waals surface area contributed by atoms with Crippen molar-refractivity contribution in [1.82, 2.24) is 15.5 Å². The highest BCUT2D eigenvalue weighted by Gasteiger charge is 2.29. The number of hydrogen-bond acceptors (Lipinski definition) is 4. The summed E-state index contributed by atoms with van der Waals surface area (Å²) >= 11 is 0. The van der Waals surface area contributed by atoms with Gasteiger partial charge in [0, 0.05) is 6.04 Å². The summed E-state index contributed by atoms with van der Waals surface area (Å²) in [6.07, 6.45) is 0.746. The standard InChI is InChI=1S/C13H24N4O3S/c1-6-9(7(2)3)15-13(18)11-12(21(14,19)20)10(8(4)5)16-17-11/h7-9H,6H2,1-5H3,(H,15,18)(H,16,17)(H2,14,19,20). The van der Waals surface area contributed by atoms with Crippen LogP contribution in [0.1, 0.15) is 63.1 Å². The number of nitrogens with zero attached hydrogens (tertiary/aromatic N) is 1. The van der Waals surface area contributed by atoms with Gasteiger partial charge in [-0.2, -0.15) is 5.10 Å². The first-order valence-corrected chi connectivity index (χ1v) is 8.56. The summed E-state index contributed by atoms with van der Waals surface area (Å²) in [5, 5.41) is 14.5. The Morgan fingerprint density at radius 2 is 1.90 bits per heavy atom. The van der Waals surface area contributed by atoms with Crippen molar-refractivity contribution >= 4 is 15.9 Å². The fourth-order valence-electron chi connectivity index (χ4n) is 2.16. The van der Waals surface area contributed by atoms with Gasteiger partial charge >= 0.3 is 0 Å². The maximum Gasteiger partial charge on any atom is 0.273 e. The molecule has 1 aromatic heterocycles. The fourth-order valence-corrected chi connectivity index (χ4v) is 3.15. The smallest absolute Gasteiger partial charge is 0.273 e. The van der Waals surface area contributed by atoms with Gasteiger partial charge < -0.3 is 5.32 Å². The van der Waals surface area contributed by atoms with Crippen molar-refractivity contribution in [3.8, 4) is 0 Å². The molecule has 0 saturated carbocycles. The second kappa shape index (κ2) is 6.57. The van der Waals surface area contributed by atoms with Gasteiger partial charge in [-0.3, -0.25) is 9.89 Å². The van der Waals surface area contributed by atoms with Crippen LogP contribution in [0.5, 0.6) is 0 Å². The Balaban J connectivity index is 3.23. The first-order chi connectivity index (χ1) is 9.59. The third-order valence-corrected chi connectivity index (χ3v) is 4.37. The Bertz CT molecular complexity index is 605. The van der Waals surface area contributed by atoms with Crippen LogP contribution in [0.15, 0.2) is 4.90 Å². The number of nitrogens with two attached hydrogens (primary N) is 1. The average Bonchev–Trinajstić information content (AvgIpc) is 2.79. The molecule has 0 radical (unpaired) electrons. The maximum absolute atomic E-state index is 12.3. The zero-order valence-electron chi connectivity index (χ0n) is 13.1. The number of amides is 1. The van der Waals surface area contributed by atoms with E-state index in [-0.39, 0.29) is 28.5 Å². The average molecular weight is 316 g/mol. The summed E-state index contributed by atoms with van der Waals surface area (Å²) in [7, 11) is -4.03. The summed E-state index contributed by atoms with van der Waals surface area (Å²) in [6.45, 7) is 9.52. The van der Waals surface area contributed by atoms with Gasteiger partial charge in [0.05, 0.1) is 5.69 Å². The lowest BCUT2D eigenvalue weighted by Crippen LogP contribution is -2.39. The number of H-pyrrole nitrogens is 1. The number of aromatic amines is 1. The molecule has 21 heavy (non-hydrogen) atoms. The van der Waals surface area contributed by atoms with Crippen molar-refractivity contribution in [2.45, 2.75) is 57.9 Å². The van der Waals surface area contributed by atoms with Gasteiger partial charge in [-0.1, -0.05) is 34.6 Å². The highest BCUT2D eigenvalue weighted by Crippen LogP contribution is 2.24. The van der Waals surface area contributed by atoms with Crippen LogP contribution in [0, 0.1) is 5.92 Å². The van der Waals surface area contributed by atoms with E-state index in [0.717, 1.165) is 6.42 Å². The molecular weight excluding hydrogens is 292 g/mol. The molecule has 0 saturated heterocycles. The van der Waals surface area contributed by atoms with E-state index in [1.54, 1.807) is 13.8 Å². The van der Waals surface area contributed by atoms with Crippen LogP contribution in [-0.2, 0) is 10.0 Å². The first-order valence-electron chi connectivity index (χ1n) is 7.01. The number of hydrogen-bond donors (Lipinski definition) is 3. The van der Waals surface area contributed by atoms with Gasteiger partial charge in [-0.15, -0.1) is 0 Å². The van der Waals surface area contributed by atoms with Crippen molar-refractivity contribution in [3.05, 3.63) is 11.4 Å². The number of nitrogens with one attached hydrogen (secondary N) is 2. The minimum absolute atomic E-state index is 0.0509. The SMILES string of the molecule is CCC(NC(=O)c1n[nH]c(C(C)C)c1S(N)(=O)=O)C(C)C. The molecule has 1 unspecified atom stereocenters. The van der Waals surface area contributed by atoms with Crippen LogP contribution < -0.4 is 10.5 Å². The molecule has 0 aromatic carbocycles. The Kier molecular flexibility index (Phi) is 5.52. The highest BCUT2D eigenvalue weighted by atomic mass is 32.2. The number of carbonyl (C=O) groups is 1. The molecule has 0 aliphatic rings. The molecule has 0 fully saturated rings. The van der Waals surface area contributed by atoms with E-state index in [0.29, 0.717) is 5.69 Å². The molecule has 7 nitrogen and oxygen atoms in total. The summed E-state index contributed by atoms with van der Waals surface area (Å²) in [4.78, 5) is 12.1. The molecule has 0 aliphatic carbocycles. The lowest BCUT2D eigenvalue weighted by atomic mass is 10.0. The normalized spacial score (nSPS) is 13.7. The van der Waals surface area contributed by atoms with Crippen molar-refractivity contribution < 1.29 is 13.2 Å². The summed E-state index contributed by atoms with van der Waals surface area (Å²) < 4.78 is 23.5. The van der Waals surface area contributed by atoms with Crippen molar-refractivity contribution in [1.29, 1.82) is 0 Å². The van der Waals surface area contributed by atoms with E-state index < -0.39 is 15.9 Å². The minimum atomic E-state index is -4.03. The molecule has 1 aromatic rings. The minimum Gasteiger partial charge on any atom is -0.348 e. The third kappa shape index (κ3) is 4.04. The lowest BCUT2D eigenvalue weighted by molar-refractivity contribution is 0.0916. The largest absolute Gasteiger partial charge is 0.348 e. The Hall–Kier alpha value is -1.41. The van der Waals surface area contributed by atoms with E-state index in [9.17, 15) is 13.2 Å². The Labute approximate surface area is 125 Å². The third-order valence-electron chi connectivity index (χ3n) is 3.39. The highest BCUT2D eigenvalue weighted by molar-refractivity contribution is 7.89. The van der Waals surface area contributed by atoms with E-state index in [4.69, 9.17) is 5.14 Å². The van der Waals surface area contributed by atoms with Crippen LogP contribution in [0.4, 0.5) is 0 Å². The van der Waals surface area contributed by atoms with Gasteiger partial charge in [0.2, 0.25) is 10.0 Å². The number of primary sulfonamides is 1.